The van der Waals surface area contributed by atoms with Crippen LogP contribution in [0.25, 0.3) is 115 Å². The Morgan fingerprint density at radius 1 is 0.230 bits per heavy atom. The van der Waals surface area contributed by atoms with Crippen molar-refractivity contribution in [2.75, 3.05) is 4.90 Å². The first-order chi connectivity index (χ1) is 36.7. The van der Waals surface area contributed by atoms with Gasteiger partial charge < -0.3 is 9.47 Å². The lowest BCUT2D eigenvalue weighted by atomic mass is 9.91. The third-order valence-corrected chi connectivity index (χ3v) is 15.0. The molecule has 346 valence electrons. The van der Waals surface area contributed by atoms with Gasteiger partial charge in [0.15, 0.2) is 0 Å². The van der Waals surface area contributed by atoms with Crippen LogP contribution in [0.4, 0.5) is 17.1 Å². The molecule has 14 rings (SSSR count). The van der Waals surface area contributed by atoms with Gasteiger partial charge in [0.2, 0.25) is 0 Å². The van der Waals surface area contributed by atoms with Crippen LogP contribution in [0, 0.1) is 0 Å². The molecule has 0 amide bonds. The minimum atomic E-state index is 1.08. The lowest BCUT2D eigenvalue weighted by Crippen LogP contribution is -2.09. The molecule has 74 heavy (non-hydrogen) atoms. The SMILES string of the molecule is c1ccc(-c2cccc3cccc(-c4ccc(N(c5ccc(-c6cccc(-c7cc8ccccc8c8ccccc78)c6)cc5)c5ccc(-c6cccc(-n7c8ccccc8c8ccccc87)c6)cc5)cc4)c23)cc1. The maximum Gasteiger partial charge on any atom is 0.0541 e. The highest BCUT2D eigenvalue weighted by molar-refractivity contribution is 6.14. The molecule has 13 aromatic carbocycles. The van der Waals surface area contributed by atoms with Crippen molar-refractivity contribution >= 4 is 71.2 Å². The lowest BCUT2D eigenvalue weighted by molar-refractivity contribution is 1.18. The van der Waals surface area contributed by atoms with Gasteiger partial charge in [-0.15, -0.1) is 0 Å². The van der Waals surface area contributed by atoms with Crippen molar-refractivity contribution in [3.8, 4) is 61.3 Å². The van der Waals surface area contributed by atoms with E-state index in [4.69, 9.17) is 0 Å². The van der Waals surface area contributed by atoms with Gasteiger partial charge in [0.1, 0.15) is 0 Å². The first kappa shape index (κ1) is 43.1. The maximum atomic E-state index is 2.39. The van der Waals surface area contributed by atoms with E-state index in [1.165, 1.54) is 104 Å². The molecule has 0 aliphatic rings. The summed E-state index contributed by atoms with van der Waals surface area (Å²) in [7, 11) is 0. The summed E-state index contributed by atoms with van der Waals surface area (Å²) in [6.07, 6.45) is 0. The number of hydrogen-bond acceptors (Lipinski definition) is 1. The molecule has 0 spiro atoms. The Bertz CT molecular complexity index is 4340. The van der Waals surface area contributed by atoms with E-state index in [-0.39, 0.29) is 0 Å². The van der Waals surface area contributed by atoms with Crippen LogP contribution in [-0.4, -0.2) is 4.57 Å². The minimum absolute atomic E-state index is 1.08. The molecule has 0 fully saturated rings. The van der Waals surface area contributed by atoms with Crippen molar-refractivity contribution in [1.29, 1.82) is 0 Å². The van der Waals surface area contributed by atoms with E-state index in [1.807, 2.05) is 0 Å². The highest BCUT2D eigenvalue weighted by atomic mass is 15.1. The van der Waals surface area contributed by atoms with Crippen molar-refractivity contribution in [1.82, 2.24) is 4.57 Å². The number of nitrogens with zero attached hydrogens (tertiary/aromatic N) is 2. The van der Waals surface area contributed by atoms with Gasteiger partial charge in [-0.1, -0.05) is 218 Å². The molecule has 0 aliphatic heterocycles. The standard InChI is InChI=1S/C72H48N2/c1-2-16-51(17-3-1)63-30-14-19-53-20-15-31-64(72(53)63)52-38-44-60(45-39-52)73(59-42-36-50(37-43-59)55-22-13-24-61(47-55)74-70-32-10-8-28-67(70)68-29-9-11-33-71(68)74)58-40-34-49(35-41-58)54-21-12-23-56(46-54)69-48-57-18-4-5-25-62(57)65-26-6-7-27-66(65)69/h1-48H. The fourth-order valence-corrected chi connectivity index (χ4v) is 11.5. The third-order valence-electron chi connectivity index (χ3n) is 15.0. The second-order valence-electron chi connectivity index (χ2n) is 19.2. The molecule has 0 atom stereocenters. The average molecular weight is 941 g/mol. The summed E-state index contributed by atoms with van der Waals surface area (Å²) in [5.74, 6) is 0. The van der Waals surface area contributed by atoms with Crippen molar-refractivity contribution in [3.63, 3.8) is 0 Å². The quantitative estimate of drug-likeness (QED) is 0.131. The molecule has 2 heteroatoms. The van der Waals surface area contributed by atoms with Gasteiger partial charge in [-0.3, -0.25) is 0 Å². The van der Waals surface area contributed by atoms with Crippen molar-refractivity contribution in [2.24, 2.45) is 0 Å². The summed E-state index contributed by atoms with van der Waals surface area (Å²) >= 11 is 0. The predicted molar refractivity (Wildman–Crippen MR) is 315 cm³/mol. The zero-order valence-electron chi connectivity index (χ0n) is 40.6. The van der Waals surface area contributed by atoms with Crippen LogP contribution in [0.3, 0.4) is 0 Å². The third kappa shape index (κ3) is 7.52. The Morgan fingerprint density at radius 2 is 0.662 bits per heavy atom. The first-order valence-corrected chi connectivity index (χ1v) is 25.5. The van der Waals surface area contributed by atoms with E-state index in [1.54, 1.807) is 0 Å². The van der Waals surface area contributed by atoms with Gasteiger partial charge in [0, 0.05) is 33.5 Å². The Morgan fingerprint density at radius 3 is 1.28 bits per heavy atom. The van der Waals surface area contributed by atoms with Crippen LogP contribution >= 0.6 is 0 Å². The summed E-state index contributed by atoms with van der Waals surface area (Å²) in [5, 5.41) is 10.1. The van der Waals surface area contributed by atoms with Crippen LogP contribution in [0.5, 0.6) is 0 Å². The summed E-state index contributed by atoms with van der Waals surface area (Å²) in [5.41, 5.74) is 18.8. The van der Waals surface area contributed by atoms with E-state index in [0.717, 1.165) is 28.3 Å². The smallest absolute Gasteiger partial charge is 0.0541 e. The van der Waals surface area contributed by atoms with Gasteiger partial charge in [-0.2, -0.15) is 0 Å². The largest absolute Gasteiger partial charge is 0.311 e. The molecule has 0 N–H and O–H groups in total. The molecule has 0 radical (unpaired) electrons. The molecule has 0 aliphatic carbocycles. The predicted octanol–water partition coefficient (Wildman–Crippen LogP) is 20.0. The molecule has 1 heterocycles. The second kappa shape index (κ2) is 18.1. The molecular weight excluding hydrogens is 893 g/mol. The number of fused-ring (bicyclic) bond motifs is 7. The van der Waals surface area contributed by atoms with Gasteiger partial charge in [-0.25, -0.2) is 0 Å². The second-order valence-corrected chi connectivity index (χ2v) is 19.2. The molecule has 0 saturated heterocycles. The number of para-hydroxylation sites is 2. The maximum absolute atomic E-state index is 2.39. The summed E-state index contributed by atoms with van der Waals surface area (Å²) in [6, 6.07) is 106. The summed E-state index contributed by atoms with van der Waals surface area (Å²) < 4.78 is 2.39. The van der Waals surface area contributed by atoms with E-state index >= 15 is 0 Å². The number of anilines is 3. The highest BCUT2D eigenvalue weighted by Crippen LogP contribution is 2.42. The molecule has 2 nitrogen and oxygen atoms in total. The number of hydrogen-bond donors (Lipinski definition) is 0. The lowest BCUT2D eigenvalue weighted by Gasteiger charge is -2.26. The first-order valence-electron chi connectivity index (χ1n) is 25.5. The van der Waals surface area contributed by atoms with Gasteiger partial charge in [-0.05, 0) is 161 Å². The van der Waals surface area contributed by atoms with Crippen molar-refractivity contribution in [2.45, 2.75) is 0 Å². The van der Waals surface area contributed by atoms with E-state index < -0.39 is 0 Å². The van der Waals surface area contributed by atoms with Crippen LogP contribution in [0.2, 0.25) is 0 Å². The van der Waals surface area contributed by atoms with Crippen LogP contribution in [-0.2, 0) is 0 Å². The van der Waals surface area contributed by atoms with Crippen LogP contribution < -0.4 is 4.90 Å². The molecule has 0 saturated carbocycles. The van der Waals surface area contributed by atoms with E-state index in [9.17, 15) is 0 Å². The Hall–Kier alpha value is -9.76. The van der Waals surface area contributed by atoms with Crippen LogP contribution in [0.15, 0.2) is 291 Å². The van der Waals surface area contributed by atoms with Gasteiger partial charge >= 0.3 is 0 Å². The van der Waals surface area contributed by atoms with Gasteiger partial charge in [0.25, 0.3) is 0 Å². The molecule has 1 aromatic heterocycles. The minimum Gasteiger partial charge on any atom is -0.311 e. The zero-order valence-corrected chi connectivity index (χ0v) is 40.6. The van der Waals surface area contributed by atoms with Crippen molar-refractivity contribution in [3.05, 3.63) is 291 Å². The topological polar surface area (TPSA) is 8.17 Å². The Kier molecular flexibility index (Phi) is 10.6. The molecule has 0 bridgehead atoms. The average Bonchev–Trinajstić information content (AvgIpc) is 3.82. The monoisotopic (exact) mass is 940 g/mol. The molecule has 0 unspecified atom stereocenters. The molecule has 14 aromatic rings. The number of benzene rings is 13. The Labute approximate surface area is 430 Å². The molecular formula is C72H48N2. The van der Waals surface area contributed by atoms with Gasteiger partial charge in [0.05, 0.1) is 11.0 Å². The number of aromatic nitrogens is 1. The fourth-order valence-electron chi connectivity index (χ4n) is 11.5. The van der Waals surface area contributed by atoms with Crippen LogP contribution in [0.1, 0.15) is 0 Å². The summed E-state index contributed by atoms with van der Waals surface area (Å²) in [4.78, 5) is 2.38. The normalized spacial score (nSPS) is 11.5. The zero-order chi connectivity index (χ0) is 49.0. The van der Waals surface area contributed by atoms with E-state index in [2.05, 4.69) is 301 Å². The highest BCUT2D eigenvalue weighted by Gasteiger charge is 2.18. The number of rotatable bonds is 9. The fraction of sp³-hybridized carbons (Fsp3) is 0. The Balaban J connectivity index is 0.845. The van der Waals surface area contributed by atoms with E-state index in [0.29, 0.717) is 0 Å². The summed E-state index contributed by atoms with van der Waals surface area (Å²) in [6.45, 7) is 0. The van der Waals surface area contributed by atoms with Crippen molar-refractivity contribution < 1.29 is 0 Å².